The van der Waals surface area contributed by atoms with Crippen LogP contribution in [0.2, 0.25) is 5.02 Å². The van der Waals surface area contributed by atoms with Crippen molar-refractivity contribution in [2.75, 3.05) is 0 Å². The Bertz CT molecular complexity index is 1260. The van der Waals surface area contributed by atoms with Crippen molar-refractivity contribution in [2.24, 2.45) is 0 Å². The molecule has 0 unspecified atom stereocenters. The van der Waals surface area contributed by atoms with Crippen molar-refractivity contribution in [3.8, 4) is 0 Å². The molecule has 0 saturated heterocycles. The van der Waals surface area contributed by atoms with Gasteiger partial charge in [-0.05, 0) is 35.9 Å². The highest BCUT2D eigenvalue weighted by Crippen LogP contribution is 2.18. The van der Waals surface area contributed by atoms with E-state index in [0.29, 0.717) is 10.6 Å². The second kappa shape index (κ2) is 8.26. The first-order valence-corrected chi connectivity index (χ1v) is 9.41. The Hall–Kier alpha value is -3.84. The topological polar surface area (TPSA) is 93.3 Å². The Morgan fingerprint density at radius 1 is 0.933 bits per heavy atom. The van der Waals surface area contributed by atoms with Crippen LogP contribution in [0, 0.1) is 0 Å². The van der Waals surface area contributed by atoms with Gasteiger partial charge in [-0.2, -0.15) is 0 Å². The van der Waals surface area contributed by atoms with E-state index in [-0.39, 0.29) is 23.4 Å². The molecule has 0 aliphatic carbocycles. The number of carbonyl (C=O) groups excluding carboxylic acids is 2. The van der Waals surface area contributed by atoms with Crippen molar-refractivity contribution in [1.82, 2.24) is 15.4 Å². The average Bonchev–Trinajstić information content (AvgIpc) is 3.19. The molecule has 2 heterocycles. The first-order chi connectivity index (χ1) is 14.5. The Labute approximate surface area is 175 Å². The van der Waals surface area contributed by atoms with Gasteiger partial charge in [0.2, 0.25) is 0 Å². The van der Waals surface area contributed by atoms with Crippen LogP contribution in [0.1, 0.15) is 26.5 Å². The van der Waals surface area contributed by atoms with Crippen LogP contribution in [0.3, 0.4) is 0 Å². The number of hydrazine groups is 1. The summed E-state index contributed by atoms with van der Waals surface area (Å²) in [5.74, 6) is -1.08. The fourth-order valence-corrected chi connectivity index (χ4v) is 3.04. The second-order valence-electron chi connectivity index (χ2n) is 6.57. The smallest absolute Gasteiger partial charge is 0.305 e. The maximum absolute atomic E-state index is 12.4. The van der Waals surface area contributed by atoms with E-state index in [4.69, 9.17) is 16.0 Å². The molecule has 0 radical (unpaired) electrons. The third kappa shape index (κ3) is 4.26. The molecule has 0 aliphatic heterocycles. The Kier molecular flexibility index (Phi) is 5.36. The number of carbonyl (C=O) groups is 2. The number of fused-ring (bicyclic) bond motifs is 1. The van der Waals surface area contributed by atoms with Crippen LogP contribution < -0.4 is 16.4 Å². The molecule has 0 fully saturated rings. The molecule has 2 aromatic carbocycles. The van der Waals surface area contributed by atoms with Gasteiger partial charge in [-0.15, -0.1) is 0 Å². The van der Waals surface area contributed by atoms with Gasteiger partial charge in [0.25, 0.3) is 11.5 Å². The van der Waals surface area contributed by atoms with Crippen molar-refractivity contribution in [1.29, 1.82) is 0 Å². The average molecular weight is 422 g/mol. The van der Waals surface area contributed by atoms with Crippen LogP contribution >= 0.6 is 11.6 Å². The van der Waals surface area contributed by atoms with Crippen LogP contribution in [0.25, 0.3) is 11.0 Å². The molecule has 30 heavy (non-hydrogen) atoms. The Morgan fingerprint density at radius 3 is 2.43 bits per heavy atom. The fraction of sp³-hybridized carbons (Fsp3) is 0.0455. The summed E-state index contributed by atoms with van der Waals surface area (Å²) in [4.78, 5) is 36.8. The molecule has 2 aromatic heterocycles. The molecule has 2 N–H and O–H groups in total. The van der Waals surface area contributed by atoms with E-state index in [1.165, 1.54) is 22.9 Å². The summed E-state index contributed by atoms with van der Waals surface area (Å²) in [5.41, 5.74) is 6.03. The largest absolute Gasteiger partial charge is 0.451 e. The van der Waals surface area contributed by atoms with E-state index in [1.54, 1.807) is 42.5 Å². The zero-order valence-corrected chi connectivity index (χ0v) is 16.3. The summed E-state index contributed by atoms with van der Waals surface area (Å²) in [6, 6.07) is 18.5. The first kappa shape index (κ1) is 19.5. The summed E-state index contributed by atoms with van der Waals surface area (Å²) in [7, 11) is 0. The Balaban J connectivity index is 1.44. The van der Waals surface area contributed by atoms with Crippen LogP contribution in [-0.4, -0.2) is 16.4 Å². The lowest BCUT2D eigenvalue weighted by molar-refractivity contribution is 0.0832. The van der Waals surface area contributed by atoms with Gasteiger partial charge in [-0.25, -0.2) is 0 Å². The summed E-state index contributed by atoms with van der Waals surface area (Å²) in [6.45, 7) is 0.280. The van der Waals surface area contributed by atoms with Gasteiger partial charge in [-0.3, -0.25) is 25.2 Å². The zero-order valence-electron chi connectivity index (χ0n) is 15.6. The van der Waals surface area contributed by atoms with Gasteiger partial charge in [0.05, 0.1) is 12.1 Å². The van der Waals surface area contributed by atoms with Crippen molar-refractivity contribution < 1.29 is 14.0 Å². The number of nitrogens with one attached hydrogen (secondary N) is 2. The number of furan rings is 1. The molecule has 0 saturated carbocycles. The number of amides is 2. The van der Waals surface area contributed by atoms with Gasteiger partial charge in [0.1, 0.15) is 5.58 Å². The van der Waals surface area contributed by atoms with Gasteiger partial charge in [0.15, 0.2) is 5.76 Å². The minimum absolute atomic E-state index is 0.0733. The number of halogens is 1. The molecule has 4 aromatic rings. The third-order valence-electron chi connectivity index (χ3n) is 4.45. The zero-order chi connectivity index (χ0) is 21.1. The van der Waals surface area contributed by atoms with Gasteiger partial charge >= 0.3 is 5.91 Å². The van der Waals surface area contributed by atoms with E-state index in [0.717, 1.165) is 10.9 Å². The minimum atomic E-state index is -0.589. The van der Waals surface area contributed by atoms with Crippen molar-refractivity contribution in [2.45, 2.75) is 6.54 Å². The highest BCUT2D eigenvalue weighted by Gasteiger charge is 2.14. The standard InChI is InChI=1S/C22H16ClN3O4/c23-17-8-5-14(6-9-17)12-26-13-16(7-10-20(26)27)21(28)24-25-22(29)19-11-15-3-1-2-4-18(15)30-19/h1-11,13H,12H2,(H,24,28)(H,25,29). The van der Waals surface area contributed by atoms with Crippen molar-refractivity contribution >= 4 is 34.4 Å². The molecular formula is C22H16ClN3O4. The normalized spacial score (nSPS) is 10.7. The first-order valence-electron chi connectivity index (χ1n) is 9.04. The van der Waals surface area contributed by atoms with E-state index in [2.05, 4.69) is 10.9 Å². The molecule has 0 spiro atoms. The summed E-state index contributed by atoms with van der Waals surface area (Å²) in [5, 5.41) is 1.38. The molecule has 150 valence electrons. The van der Waals surface area contributed by atoms with Crippen molar-refractivity contribution in [3.63, 3.8) is 0 Å². The van der Waals surface area contributed by atoms with Gasteiger partial charge < -0.3 is 8.98 Å². The number of hydrogen-bond donors (Lipinski definition) is 2. The minimum Gasteiger partial charge on any atom is -0.451 e. The number of benzene rings is 2. The lowest BCUT2D eigenvalue weighted by atomic mass is 10.2. The van der Waals surface area contributed by atoms with E-state index in [1.807, 2.05) is 12.1 Å². The number of para-hydroxylation sites is 1. The SMILES string of the molecule is O=C(NNC(=O)c1cc2ccccc2o1)c1ccc(=O)n(Cc2ccc(Cl)cc2)c1. The lowest BCUT2D eigenvalue weighted by Gasteiger charge is -2.09. The van der Waals surface area contributed by atoms with Crippen LogP contribution in [0.4, 0.5) is 0 Å². The molecular weight excluding hydrogens is 406 g/mol. The third-order valence-corrected chi connectivity index (χ3v) is 4.70. The predicted octanol–water partition coefficient (Wildman–Crippen LogP) is 3.37. The predicted molar refractivity (Wildman–Crippen MR) is 112 cm³/mol. The van der Waals surface area contributed by atoms with Crippen LogP contribution in [-0.2, 0) is 6.54 Å². The summed E-state index contributed by atoms with van der Waals surface area (Å²) in [6.07, 6.45) is 1.43. The molecule has 0 atom stereocenters. The maximum atomic E-state index is 12.4. The fourth-order valence-electron chi connectivity index (χ4n) is 2.92. The maximum Gasteiger partial charge on any atom is 0.305 e. The van der Waals surface area contributed by atoms with E-state index in [9.17, 15) is 14.4 Å². The Morgan fingerprint density at radius 2 is 1.67 bits per heavy atom. The van der Waals surface area contributed by atoms with Crippen LogP contribution in [0.15, 0.2) is 82.1 Å². The number of nitrogens with zero attached hydrogens (tertiary/aromatic N) is 1. The lowest BCUT2D eigenvalue weighted by Crippen LogP contribution is -2.41. The number of hydrogen-bond acceptors (Lipinski definition) is 4. The highest BCUT2D eigenvalue weighted by atomic mass is 35.5. The highest BCUT2D eigenvalue weighted by molar-refractivity contribution is 6.30. The molecule has 2 amide bonds. The molecule has 7 nitrogen and oxygen atoms in total. The molecule has 0 bridgehead atoms. The quantitative estimate of drug-likeness (QED) is 0.494. The summed E-state index contributed by atoms with van der Waals surface area (Å²) >= 11 is 5.88. The van der Waals surface area contributed by atoms with Gasteiger partial charge in [-0.1, -0.05) is 41.9 Å². The molecule has 8 heteroatoms. The number of aromatic nitrogens is 1. The van der Waals surface area contributed by atoms with E-state index < -0.39 is 11.8 Å². The number of pyridine rings is 1. The molecule has 4 rings (SSSR count). The summed E-state index contributed by atoms with van der Waals surface area (Å²) < 4.78 is 6.86. The van der Waals surface area contributed by atoms with Crippen LogP contribution in [0.5, 0.6) is 0 Å². The monoisotopic (exact) mass is 421 g/mol. The van der Waals surface area contributed by atoms with Crippen molar-refractivity contribution in [3.05, 3.63) is 105 Å². The second-order valence-corrected chi connectivity index (χ2v) is 7.00. The number of rotatable bonds is 4. The van der Waals surface area contributed by atoms with Gasteiger partial charge in [0, 0.05) is 22.7 Å². The molecule has 0 aliphatic rings. The van der Waals surface area contributed by atoms with E-state index >= 15 is 0 Å².